The fraction of sp³-hybridized carbons (Fsp3) is 0.667. The van der Waals surface area contributed by atoms with Crippen LogP contribution in [0.4, 0.5) is 0 Å². The molecule has 1 aromatic carbocycles. The third kappa shape index (κ3) is 4.78. The van der Waals surface area contributed by atoms with Gasteiger partial charge < -0.3 is 5.11 Å². The first kappa shape index (κ1) is 18.4. The molecule has 1 saturated carbocycles. The summed E-state index contributed by atoms with van der Waals surface area (Å²) in [6.45, 7) is 7.31. The molecule has 0 spiro atoms. The minimum Gasteiger partial charge on any atom is -0.387 e. The fourth-order valence-electron chi connectivity index (χ4n) is 2.96. The van der Waals surface area contributed by atoms with Crippen LogP contribution in [0.15, 0.2) is 29.2 Å². The van der Waals surface area contributed by atoms with Gasteiger partial charge in [0.2, 0.25) is 0 Å². The van der Waals surface area contributed by atoms with Gasteiger partial charge in [-0.15, -0.1) is 0 Å². The summed E-state index contributed by atoms with van der Waals surface area (Å²) in [6, 6.07) is 7.63. The van der Waals surface area contributed by atoms with Gasteiger partial charge in [-0.1, -0.05) is 32.4 Å². The molecule has 3 unspecified atom stereocenters. The van der Waals surface area contributed by atoms with E-state index in [4.69, 9.17) is 0 Å². The number of rotatable bonds is 8. The van der Waals surface area contributed by atoms with Gasteiger partial charge in [-0.05, 0) is 43.4 Å². The molecule has 3 atom stereocenters. The van der Waals surface area contributed by atoms with Crippen LogP contribution in [-0.2, 0) is 9.84 Å². The predicted octanol–water partition coefficient (Wildman–Crippen LogP) is 3.02. The number of sulfone groups is 1. The van der Waals surface area contributed by atoms with E-state index in [1.165, 1.54) is 19.1 Å². The number of aliphatic hydroxyl groups excluding tert-OH is 1. The van der Waals surface area contributed by atoms with E-state index in [0.717, 1.165) is 12.0 Å². The third-order valence-electron chi connectivity index (χ3n) is 5.08. The van der Waals surface area contributed by atoms with Crippen molar-refractivity contribution < 1.29 is 13.5 Å². The quantitative estimate of drug-likeness (QED) is 0.791. The molecular weight excluding hydrogens is 310 g/mol. The largest absolute Gasteiger partial charge is 0.387 e. The molecule has 0 bridgehead atoms. The normalized spacial score (nSPS) is 19.6. The zero-order valence-corrected chi connectivity index (χ0v) is 15.4. The second kappa shape index (κ2) is 7.32. The first-order valence-electron chi connectivity index (χ1n) is 8.47. The molecule has 130 valence electrons. The van der Waals surface area contributed by atoms with E-state index in [9.17, 15) is 13.5 Å². The minimum atomic E-state index is -3.19. The molecule has 1 fully saturated rings. The first-order chi connectivity index (χ1) is 10.7. The van der Waals surface area contributed by atoms with Gasteiger partial charge in [-0.2, -0.15) is 0 Å². The van der Waals surface area contributed by atoms with Crippen LogP contribution in [0.5, 0.6) is 0 Å². The van der Waals surface area contributed by atoms with Crippen LogP contribution in [0, 0.1) is 5.92 Å². The Labute approximate surface area is 140 Å². The number of nitrogens with zero attached hydrogens (tertiary/aromatic N) is 1. The standard InChI is InChI=1S/C18H29NO3S/c1-5-13(2)14(3)19(16-8-9-16)12-18(20)15-6-10-17(11-7-15)23(4,21)22/h6-7,10-11,13-14,16,18,20H,5,8-9,12H2,1-4H3. The SMILES string of the molecule is CCC(C)C(C)N(CC(O)c1ccc(S(C)(=O)=O)cc1)C1CC1. The molecule has 0 heterocycles. The van der Waals surface area contributed by atoms with Crippen molar-refractivity contribution in [3.8, 4) is 0 Å². The smallest absolute Gasteiger partial charge is 0.175 e. The highest BCUT2D eigenvalue weighted by molar-refractivity contribution is 7.90. The molecule has 1 aliphatic carbocycles. The lowest BCUT2D eigenvalue weighted by Crippen LogP contribution is -2.41. The zero-order chi connectivity index (χ0) is 17.2. The summed E-state index contributed by atoms with van der Waals surface area (Å²) >= 11 is 0. The second-order valence-electron chi connectivity index (χ2n) is 6.91. The summed E-state index contributed by atoms with van der Waals surface area (Å²) < 4.78 is 23.0. The van der Waals surface area contributed by atoms with Gasteiger partial charge in [0.1, 0.15) is 0 Å². The summed E-state index contributed by atoms with van der Waals surface area (Å²) in [5.74, 6) is 0.593. The van der Waals surface area contributed by atoms with Crippen LogP contribution < -0.4 is 0 Å². The highest BCUT2D eigenvalue weighted by atomic mass is 32.2. The Bertz CT molecular complexity index is 608. The van der Waals surface area contributed by atoms with Crippen molar-refractivity contribution in [3.63, 3.8) is 0 Å². The number of hydrogen-bond donors (Lipinski definition) is 1. The molecule has 0 amide bonds. The Morgan fingerprint density at radius 3 is 2.22 bits per heavy atom. The summed E-state index contributed by atoms with van der Waals surface area (Å²) in [5.41, 5.74) is 0.777. The minimum absolute atomic E-state index is 0.292. The van der Waals surface area contributed by atoms with Crippen molar-refractivity contribution in [2.75, 3.05) is 12.8 Å². The van der Waals surface area contributed by atoms with Crippen LogP contribution in [0.3, 0.4) is 0 Å². The molecule has 1 N–H and O–H groups in total. The fourth-order valence-corrected chi connectivity index (χ4v) is 3.59. The second-order valence-corrected chi connectivity index (χ2v) is 8.93. The maximum Gasteiger partial charge on any atom is 0.175 e. The first-order valence-corrected chi connectivity index (χ1v) is 10.4. The molecule has 0 aromatic heterocycles. The van der Waals surface area contributed by atoms with Gasteiger partial charge in [0, 0.05) is 24.9 Å². The summed E-state index contributed by atoms with van der Waals surface area (Å²) in [5, 5.41) is 10.6. The van der Waals surface area contributed by atoms with Crippen molar-refractivity contribution in [2.45, 2.75) is 63.1 Å². The average molecular weight is 340 g/mol. The van der Waals surface area contributed by atoms with Crippen molar-refractivity contribution >= 4 is 9.84 Å². The molecule has 0 saturated heterocycles. The molecule has 0 aliphatic heterocycles. The average Bonchev–Trinajstić information content (AvgIpc) is 3.34. The summed E-state index contributed by atoms with van der Waals surface area (Å²) in [4.78, 5) is 2.71. The monoisotopic (exact) mass is 339 g/mol. The Kier molecular flexibility index (Phi) is 5.87. The Balaban J connectivity index is 2.08. The predicted molar refractivity (Wildman–Crippen MR) is 93.2 cm³/mol. The Morgan fingerprint density at radius 2 is 1.78 bits per heavy atom. The van der Waals surface area contributed by atoms with Gasteiger partial charge in [0.15, 0.2) is 9.84 Å². The van der Waals surface area contributed by atoms with Crippen LogP contribution in [0.1, 0.15) is 51.7 Å². The van der Waals surface area contributed by atoms with E-state index < -0.39 is 15.9 Å². The van der Waals surface area contributed by atoms with Crippen molar-refractivity contribution in [1.82, 2.24) is 4.90 Å². The molecule has 5 heteroatoms. The number of hydrogen-bond acceptors (Lipinski definition) is 4. The number of benzene rings is 1. The van der Waals surface area contributed by atoms with Gasteiger partial charge in [-0.3, -0.25) is 4.90 Å². The maximum atomic E-state index is 11.5. The van der Waals surface area contributed by atoms with Crippen LogP contribution in [-0.4, -0.2) is 43.3 Å². The van der Waals surface area contributed by atoms with E-state index >= 15 is 0 Å². The molecule has 23 heavy (non-hydrogen) atoms. The molecule has 1 aromatic rings. The topological polar surface area (TPSA) is 57.6 Å². The Hall–Kier alpha value is -0.910. The van der Waals surface area contributed by atoms with Gasteiger partial charge in [0.05, 0.1) is 11.0 Å². The highest BCUT2D eigenvalue weighted by Crippen LogP contribution is 2.33. The molecule has 1 aliphatic rings. The Morgan fingerprint density at radius 1 is 1.22 bits per heavy atom. The van der Waals surface area contributed by atoms with E-state index in [-0.39, 0.29) is 0 Å². The molecular formula is C18H29NO3S. The maximum absolute atomic E-state index is 11.5. The van der Waals surface area contributed by atoms with E-state index in [2.05, 4.69) is 25.7 Å². The highest BCUT2D eigenvalue weighted by Gasteiger charge is 2.35. The van der Waals surface area contributed by atoms with Gasteiger partial charge in [0.25, 0.3) is 0 Å². The lowest BCUT2D eigenvalue weighted by molar-refractivity contribution is 0.0676. The molecule has 0 radical (unpaired) electrons. The molecule has 4 nitrogen and oxygen atoms in total. The van der Waals surface area contributed by atoms with E-state index in [1.54, 1.807) is 24.3 Å². The van der Waals surface area contributed by atoms with Crippen LogP contribution >= 0.6 is 0 Å². The lowest BCUT2D eigenvalue weighted by atomic mass is 9.98. The third-order valence-corrected chi connectivity index (χ3v) is 6.21. The van der Waals surface area contributed by atoms with Gasteiger partial charge >= 0.3 is 0 Å². The van der Waals surface area contributed by atoms with Crippen molar-refractivity contribution in [3.05, 3.63) is 29.8 Å². The van der Waals surface area contributed by atoms with E-state index in [0.29, 0.717) is 29.4 Å². The summed E-state index contributed by atoms with van der Waals surface area (Å²) in [6.07, 6.45) is 4.15. The lowest BCUT2D eigenvalue weighted by Gasteiger charge is -2.34. The zero-order valence-electron chi connectivity index (χ0n) is 14.6. The van der Waals surface area contributed by atoms with Gasteiger partial charge in [-0.25, -0.2) is 8.42 Å². The van der Waals surface area contributed by atoms with E-state index in [1.807, 2.05) is 0 Å². The van der Waals surface area contributed by atoms with Crippen molar-refractivity contribution in [1.29, 1.82) is 0 Å². The summed E-state index contributed by atoms with van der Waals surface area (Å²) in [7, 11) is -3.19. The molecule has 2 rings (SSSR count). The van der Waals surface area contributed by atoms with Crippen LogP contribution in [0.2, 0.25) is 0 Å². The number of aliphatic hydroxyl groups is 1. The van der Waals surface area contributed by atoms with Crippen LogP contribution in [0.25, 0.3) is 0 Å². The van der Waals surface area contributed by atoms with Crippen molar-refractivity contribution in [2.24, 2.45) is 5.92 Å².